The highest BCUT2D eigenvalue weighted by Crippen LogP contribution is 2.29. The van der Waals surface area contributed by atoms with Gasteiger partial charge in [-0.05, 0) is 42.0 Å². The number of carbonyl (C=O) groups is 1. The molecule has 0 radical (unpaired) electrons. The molecule has 18 heavy (non-hydrogen) atoms. The molecule has 1 aliphatic heterocycles. The first-order chi connectivity index (χ1) is 8.63. The Morgan fingerprint density at radius 2 is 2.28 bits per heavy atom. The summed E-state index contributed by atoms with van der Waals surface area (Å²) in [7, 11) is 0. The zero-order chi connectivity index (χ0) is 12.7. The fraction of sp³-hybridized carbons (Fsp3) is 0.357. The zero-order valence-corrected chi connectivity index (χ0v) is 11.2. The van der Waals surface area contributed by atoms with Crippen LogP contribution in [0.15, 0.2) is 24.3 Å². The van der Waals surface area contributed by atoms with Gasteiger partial charge in [0.25, 0.3) is 5.91 Å². The summed E-state index contributed by atoms with van der Waals surface area (Å²) in [6, 6.07) is 7.75. The summed E-state index contributed by atoms with van der Waals surface area (Å²) in [6.45, 7) is 3.96. The Hall–Kier alpha value is -1.55. The lowest BCUT2D eigenvalue weighted by molar-refractivity contribution is 0.0793. The number of nitrogen functional groups attached to an aromatic ring is 1. The van der Waals surface area contributed by atoms with Crippen molar-refractivity contribution in [3.63, 3.8) is 0 Å². The van der Waals surface area contributed by atoms with Gasteiger partial charge in [-0.3, -0.25) is 4.79 Å². The normalized spacial score (nSPS) is 19.6. The van der Waals surface area contributed by atoms with Crippen LogP contribution in [0.2, 0.25) is 0 Å². The molecule has 1 atom stereocenters. The van der Waals surface area contributed by atoms with Crippen LogP contribution in [0.3, 0.4) is 0 Å². The molecule has 0 spiro atoms. The standard InChI is InChI=1S/C14H16N2OS/c1-9-4-5-16(8-9)14(17)13-7-10-6-11(15)2-3-12(10)18-13/h2-3,6-7,9H,4-5,8,15H2,1H3. The van der Waals surface area contributed by atoms with Gasteiger partial charge in [0.15, 0.2) is 0 Å². The maximum absolute atomic E-state index is 12.4. The van der Waals surface area contributed by atoms with Crippen LogP contribution in [0.4, 0.5) is 5.69 Å². The third kappa shape index (κ3) is 1.97. The number of nitrogens with two attached hydrogens (primary N) is 1. The number of amides is 1. The van der Waals surface area contributed by atoms with E-state index < -0.39 is 0 Å². The second-order valence-corrected chi connectivity index (χ2v) is 6.14. The fourth-order valence-electron chi connectivity index (χ4n) is 2.44. The number of likely N-dealkylation sites (tertiary alicyclic amines) is 1. The second-order valence-electron chi connectivity index (χ2n) is 5.05. The van der Waals surface area contributed by atoms with Crippen LogP contribution in [0.5, 0.6) is 0 Å². The molecule has 2 aromatic rings. The van der Waals surface area contributed by atoms with Crippen molar-refractivity contribution >= 4 is 33.0 Å². The van der Waals surface area contributed by atoms with Crippen LogP contribution >= 0.6 is 11.3 Å². The predicted octanol–water partition coefficient (Wildman–Crippen LogP) is 2.97. The van der Waals surface area contributed by atoms with Crippen molar-refractivity contribution in [1.29, 1.82) is 0 Å². The largest absolute Gasteiger partial charge is 0.399 e. The maximum Gasteiger partial charge on any atom is 0.263 e. The zero-order valence-electron chi connectivity index (χ0n) is 10.3. The Balaban J connectivity index is 1.92. The summed E-state index contributed by atoms with van der Waals surface area (Å²) < 4.78 is 1.12. The molecule has 3 nitrogen and oxygen atoms in total. The van der Waals surface area contributed by atoms with E-state index in [9.17, 15) is 4.79 Å². The molecule has 1 fully saturated rings. The van der Waals surface area contributed by atoms with Gasteiger partial charge in [-0.2, -0.15) is 0 Å². The minimum Gasteiger partial charge on any atom is -0.399 e. The number of fused-ring (bicyclic) bond motifs is 1. The van der Waals surface area contributed by atoms with Crippen molar-refractivity contribution in [1.82, 2.24) is 4.90 Å². The number of anilines is 1. The van der Waals surface area contributed by atoms with E-state index in [2.05, 4.69) is 6.92 Å². The molecule has 2 heterocycles. The highest BCUT2D eigenvalue weighted by Gasteiger charge is 2.25. The van der Waals surface area contributed by atoms with Gasteiger partial charge in [0, 0.05) is 23.5 Å². The first-order valence-electron chi connectivity index (χ1n) is 6.22. The van der Waals surface area contributed by atoms with Crippen LogP contribution in [0, 0.1) is 5.92 Å². The molecule has 94 valence electrons. The Morgan fingerprint density at radius 3 is 3.00 bits per heavy atom. The number of carbonyl (C=O) groups excluding carboxylic acids is 1. The SMILES string of the molecule is CC1CCN(C(=O)c2cc3cc(N)ccc3s2)C1. The van der Waals surface area contributed by atoms with Gasteiger partial charge in [-0.25, -0.2) is 0 Å². The summed E-state index contributed by atoms with van der Waals surface area (Å²) in [5.41, 5.74) is 6.50. The van der Waals surface area contributed by atoms with Gasteiger partial charge >= 0.3 is 0 Å². The van der Waals surface area contributed by atoms with Crippen molar-refractivity contribution in [2.45, 2.75) is 13.3 Å². The van der Waals surface area contributed by atoms with Gasteiger partial charge < -0.3 is 10.6 Å². The Kier molecular flexibility index (Phi) is 2.74. The number of hydrogen-bond acceptors (Lipinski definition) is 3. The molecule has 1 aromatic heterocycles. The van der Waals surface area contributed by atoms with Crippen molar-refractivity contribution in [2.24, 2.45) is 5.92 Å². The maximum atomic E-state index is 12.4. The van der Waals surface area contributed by atoms with Crippen molar-refractivity contribution in [3.8, 4) is 0 Å². The minimum atomic E-state index is 0.166. The predicted molar refractivity (Wildman–Crippen MR) is 75.9 cm³/mol. The highest BCUT2D eigenvalue weighted by molar-refractivity contribution is 7.20. The van der Waals surface area contributed by atoms with E-state index in [0.717, 1.165) is 40.2 Å². The molecular weight excluding hydrogens is 244 g/mol. The average molecular weight is 260 g/mol. The molecule has 2 N–H and O–H groups in total. The van der Waals surface area contributed by atoms with Gasteiger partial charge in [-0.15, -0.1) is 11.3 Å². The van der Waals surface area contributed by atoms with Crippen LogP contribution in [-0.2, 0) is 0 Å². The number of rotatable bonds is 1. The lowest BCUT2D eigenvalue weighted by Crippen LogP contribution is -2.27. The first kappa shape index (κ1) is 11.5. The molecule has 4 heteroatoms. The third-order valence-electron chi connectivity index (χ3n) is 3.46. The molecule has 1 aromatic carbocycles. The van der Waals surface area contributed by atoms with Crippen molar-refractivity contribution in [3.05, 3.63) is 29.1 Å². The van der Waals surface area contributed by atoms with Crippen LogP contribution < -0.4 is 5.73 Å². The summed E-state index contributed by atoms with van der Waals surface area (Å²) in [5.74, 6) is 0.790. The molecule has 0 saturated carbocycles. The van der Waals surface area contributed by atoms with Gasteiger partial charge in [0.2, 0.25) is 0 Å². The van der Waals surface area contributed by atoms with Crippen LogP contribution in [0.1, 0.15) is 23.0 Å². The molecule has 0 aliphatic carbocycles. The smallest absolute Gasteiger partial charge is 0.263 e. The van der Waals surface area contributed by atoms with E-state index in [1.165, 1.54) is 0 Å². The fourth-order valence-corrected chi connectivity index (χ4v) is 3.45. The molecular formula is C14H16N2OS. The van der Waals surface area contributed by atoms with E-state index in [0.29, 0.717) is 5.92 Å². The molecule has 1 aliphatic rings. The molecule has 1 amide bonds. The van der Waals surface area contributed by atoms with E-state index in [1.807, 2.05) is 29.2 Å². The molecule has 3 rings (SSSR count). The Morgan fingerprint density at radius 1 is 1.44 bits per heavy atom. The number of nitrogens with zero attached hydrogens (tertiary/aromatic N) is 1. The lowest BCUT2D eigenvalue weighted by atomic mass is 10.2. The number of hydrogen-bond donors (Lipinski definition) is 1. The van der Waals surface area contributed by atoms with Crippen LogP contribution in [0.25, 0.3) is 10.1 Å². The van der Waals surface area contributed by atoms with Crippen LogP contribution in [-0.4, -0.2) is 23.9 Å². The van der Waals surface area contributed by atoms with E-state index >= 15 is 0 Å². The van der Waals surface area contributed by atoms with E-state index in [4.69, 9.17) is 5.73 Å². The average Bonchev–Trinajstić information content (AvgIpc) is 2.93. The van der Waals surface area contributed by atoms with Gasteiger partial charge in [-0.1, -0.05) is 6.92 Å². The third-order valence-corrected chi connectivity index (χ3v) is 4.57. The lowest BCUT2D eigenvalue weighted by Gasteiger charge is -2.14. The van der Waals surface area contributed by atoms with Crippen molar-refractivity contribution in [2.75, 3.05) is 18.8 Å². The van der Waals surface area contributed by atoms with E-state index in [1.54, 1.807) is 11.3 Å². The first-order valence-corrected chi connectivity index (χ1v) is 7.03. The second kappa shape index (κ2) is 4.28. The van der Waals surface area contributed by atoms with Gasteiger partial charge in [0.1, 0.15) is 0 Å². The quantitative estimate of drug-likeness (QED) is 0.801. The van der Waals surface area contributed by atoms with Gasteiger partial charge in [0.05, 0.1) is 4.88 Å². The topological polar surface area (TPSA) is 46.3 Å². The Labute approximate surface area is 110 Å². The monoisotopic (exact) mass is 260 g/mol. The highest BCUT2D eigenvalue weighted by atomic mass is 32.1. The molecule has 1 unspecified atom stereocenters. The molecule has 1 saturated heterocycles. The summed E-state index contributed by atoms with van der Waals surface area (Å²) in [4.78, 5) is 15.1. The summed E-state index contributed by atoms with van der Waals surface area (Å²) >= 11 is 1.56. The summed E-state index contributed by atoms with van der Waals surface area (Å²) in [5, 5.41) is 1.07. The molecule has 0 bridgehead atoms. The minimum absolute atomic E-state index is 0.166. The number of benzene rings is 1. The van der Waals surface area contributed by atoms with E-state index in [-0.39, 0.29) is 5.91 Å². The summed E-state index contributed by atoms with van der Waals surface area (Å²) in [6.07, 6.45) is 1.11. The van der Waals surface area contributed by atoms with Crippen molar-refractivity contribution < 1.29 is 4.79 Å². The Bertz CT molecular complexity index is 605. The number of thiophene rings is 1.